The lowest BCUT2D eigenvalue weighted by molar-refractivity contribution is -0.0167. The topological polar surface area (TPSA) is 96.8 Å². The first-order valence-corrected chi connectivity index (χ1v) is 14.6. The van der Waals surface area contributed by atoms with Crippen LogP contribution < -0.4 is 15.6 Å². The molecule has 9 nitrogen and oxygen atoms in total. The lowest BCUT2D eigenvalue weighted by Crippen LogP contribution is -2.60. The number of nitrogens with zero attached hydrogens (tertiary/aromatic N) is 4. The molecule has 8 rings (SSSR count). The third-order valence-corrected chi connectivity index (χ3v) is 9.70. The number of nitrogens with one attached hydrogen (secondary N) is 1. The molecule has 4 bridgehead atoms. The van der Waals surface area contributed by atoms with Crippen LogP contribution in [0.15, 0.2) is 41.3 Å². The fourth-order valence-electron chi connectivity index (χ4n) is 8.21. The monoisotopic (exact) mass is 577 g/mol. The number of aromatic nitrogens is 2. The van der Waals surface area contributed by atoms with E-state index >= 15 is 4.39 Å². The van der Waals surface area contributed by atoms with Crippen LogP contribution in [0.5, 0.6) is 0 Å². The maximum absolute atomic E-state index is 15.2. The molecule has 2 aromatic heterocycles. The van der Waals surface area contributed by atoms with Crippen LogP contribution in [0.2, 0.25) is 0 Å². The van der Waals surface area contributed by atoms with Gasteiger partial charge in [0, 0.05) is 44.0 Å². The zero-order valence-corrected chi connectivity index (χ0v) is 23.4. The zero-order chi connectivity index (χ0) is 29.2. The highest BCUT2D eigenvalue weighted by Gasteiger charge is 2.51. The summed E-state index contributed by atoms with van der Waals surface area (Å²) in [6.45, 7) is 1.81. The van der Waals surface area contributed by atoms with Crippen LogP contribution in [0.1, 0.15) is 48.9 Å². The van der Waals surface area contributed by atoms with Crippen molar-refractivity contribution in [1.82, 2.24) is 19.8 Å². The Hall–Kier alpha value is -4.02. The summed E-state index contributed by atoms with van der Waals surface area (Å²) in [5, 5.41) is 3.41. The SMILES string of the molecule is COC(=O)N1CCN(c2ccc3c(=O)c(C(=O)NC45CC6CC(CC(C6)C4)C5)cn(-c4ccc(F)cc4F)c3n2)CC1. The summed E-state index contributed by atoms with van der Waals surface area (Å²) in [4.78, 5) is 47.8. The highest BCUT2D eigenvalue weighted by Crippen LogP contribution is 2.55. The van der Waals surface area contributed by atoms with Gasteiger partial charge in [0.2, 0.25) is 5.43 Å². The molecular weight excluding hydrogens is 544 g/mol. The van der Waals surface area contributed by atoms with Crippen LogP contribution in [0.3, 0.4) is 0 Å². The maximum atomic E-state index is 15.2. The Kier molecular flexibility index (Phi) is 6.43. The number of hydrogen-bond acceptors (Lipinski definition) is 6. The van der Waals surface area contributed by atoms with Crippen molar-refractivity contribution >= 4 is 28.9 Å². The van der Waals surface area contributed by atoms with Gasteiger partial charge in [-0.15, -0.1) is 0 Å². The molecule has 1 N–H and O–H groups in total. The minimum Gasteiger partial charge on any atom is -0.453 e. The molecule has 3 heterocycles. The Morgan fingerprint density at radius 2 is 1.64 bits per heavy atom. The number of hydrogen-bond donors (Lipinski definition) is 1. The van der Waals surface area contributed by atoms with Gasteiger partial charge in [-0.1, -0.05) is 0 Å². The first-order valence-electron chi connectivity index (χ1n) is 14.6. The summed E-state index contributed by atoms with van der Waals surface area (Å²) in [6.07, 6.45) is 7.35. The van der Waals surface area contributed by atoms with Crippen LogP contribution in [0.25, 0.3) is 16.7 Å². The van der Waals surface area contributed by atoms with E-state index in [4.69, 9.17) is 9.72 Å². The first kappa shape index (κ1) is 26.9. The summed E-state index contributed by atoms with van der Waals surface area (Å²) < 4.78 is 35.2. The summed E-state index contributed by atoms with van der Waals surface area (Å²) >= 11 is 0. The summed E-state index contributed by atoms with van der Waals surface area (Å²) in [6, 6.07) is 6.48. The molecule has 5 aliphatic rings. The number of halogens is 2. The number of anilines is 1. The van der Waals surface area contributed by atoms with E-state index in [1.165, 1.54) is 43.2 Å². The van der Waals surface area contributed by atoms with Crippen LogP contribution in [0.4, 0.5) is 19.4 Å². The fourth-order valence-corrected chi connectivity index (χ4v) is 8.21. The number of ether oxygens (including phenoxy) is 1. The third kappa shape index (κ3) is 4.59. The quantitative estimate of drug-likeness (QED) is 0.498. The molecular formula is C31H33F2N5O4. The van der Waals surface area contributed by atoms with Gasteiger partial charge in [0.15, 0.2) is 5.65 Å². The van der Waals surface area contributed by atoms with Crippen molar-refractivity contribution in [2.45, 2.75) is 44.1 Å². The lowest BCUT2D eigenvalue weighted by Gasteiger charge is -2.56. The smallest absolute Gasteiger partial charge is 0.409 e. The highest BCUT2D eigenvalue weighted by atomic mass is 19.1. The number of benzene rings is 1. The predicted octanol–water partition coefficient (Wildman–Crippen LogP) is 4.25. The van der Waals surface area contributed by atoms with Gasteiger partial charge in [-0.25, -0.2) is 18.6 Å². The second-order valence-corrected chi connectivity index (χ2v) is 12.5. The Morgan fingerprint density at radius 1 is 0.976 bits per heavy atom. The van der Waals surface area contributed by atoms with E-state index in [2.05, 4.69) is 5.32 Å². The fraction of sp³-hybridized carbons (Fsp3) is 0.484. The number of fused-ring (bicyclic) bond motifs is 1. The molecule has 5 fully saturated rings. The van der Waals surface area contributed by atoms with Crippen molar-refractivity contribution in [3.05, 3.63) is 63.9 Å². The van der Waals surface area contributed by atoms with Crippen LogP contribution >= 0.6 is 0 Å². The van der Waals surface area contributed by atoms with Gasteiger partial charge in [-0.05, 0) is 80.5 Å². The van der Waals surface area contributed by atoms with Crippen LogP contribution in [0, 0.1) is 29.4 Å². The summed E-state index contributed by atoms with van der Waals surface area (Å²) in [7, 11) is 1.34. The number of rotatable bonds is 4. The molecule has 220 valence electrons. The van der Waals surface area contributed by atoms with E-state index < -0.39 is 29.1 Å². The number of pyridine rings is 2. The van der Waals surface area contributed by atoms with E-state index in [1.54, 1.807) is 17.0 Å². The van der Waals surface area contributed by atoms with E-state index in [-0.39, 0.29) is 27.8 Å². The van der Waals surface area contributed by atoms with Gasteiger partial charge >= 0.3 is 6.09 Å². The van der Waals surface area contributed by atoms with Crippen molar-refractivity contribution in [3.8, 4) is 5.69 Å². The number of carbonyl (C=O) groups is 2. The van der Waals surface area contributed by atoms with E-state index in [0.29, 0.717) is 49.8 Å². The van der Waals surface area contributed by atoms with E-state index in [9.17, 15) is 18.8 Å². The molecule has 1 aliphatic heterocycles. The highest BCUT2D eigenvalue weighted by molar-refractivity contribution is 5.98. The third-order valence-electron chi connectivity index (χ3n) is 9.70. The minimum absolute atomic E-state index is 0.0228. The molecule has 0 radical (unpaired) electrons. The van der Waals surface area contributed by atoms with Crippen molar-refractivity contribution in [2.75, 3.05) is 38.2 Å². The lowest BCUT2D eigenvalue weighted by atomic mass is 9.53. The Labute approximate surface area is 241 Å². The van der Waals surface area contributed by atoms with Crippen molar-refractivity contribution in [2.24, 2.45) is 17.8 Å². The molecule has 1 saturated heterocycles. The molecule has 4 saturated carbocycles. The number of amides is 2. The number of piperazine rings is 1. The molecule has 2 amide bonds. The van der Waals surface area contributed by atoms with Gasteiger partial charge in [0.05, 0.1) is 18.2 Å². The van der Waals surface area contributed by atoms with Gasteiger partial charge in [0.25, 0.3) is 5.91 Å². The van der Waals surface area contributed by atoms with Crippen LogP contribution in [-0.4, -0.2) is 65.3 Å². The van der Waals surface area contributed by atoms with Crippen LogP contribution in [-0.2, 0) is 4.74 Å². The zero-order valence-electron chi connectivity index (χ0n) is 23.4. The van der Waals surface area contributed by atoms with Gasteiger partial charge in [-0.2, -0.15) is 0 Å². The molecule has 3 aromatic rings. The van der Waals surface area contributed by atoms with E-state index in [1.807, 2.05) is 4.90 Å². The average Bonchev–Trinajstić information content (AvgIpc) is 2.96. The average molecular weight is 578 g/mol. The van der Waals surface area contributed by atoms with Gasteiger partial charge < -0.3 is 19.9 Å². The number of methoxy groups -OCH3 is 1. The molecule has 0 spiro atoms. The molecule has 1 aromatic carbocycles. The predicted molar refractivity (Wildman–Crippen MR) is 152 cm³/mol. The normalized spacial score (nSPS) is 26.5. The van der Waals surface area contributed by atoms with Crippen molar-refractivity contribution in [3.63, 3.8) is 0 Å². The molecule has 0 unspecified atom stereocenters. The standard InChI is InChI=1S/C31H33F2N5O4/c1-42-30(41)37-8-6-36(7-9-37)26-5-3-22-27(39)23(17-38(28(22)34-26)25-4-2-21(32)13-24(25)33)29(40)35-31-14-18-10-19(15-31)12-20(11-18)16-31/h2-5,13,17-20H,6-12,14-16H2,1H3,(H,35,40). The Morgan fingerprint density at radius 3 is 2.26 bits per heavy atom. The second-order valence-electron chi connectivity index (χ2n) is 12.5. The summed E-state index contributed by atoms with van der Waals surface area (Å²) in [5.74, 6) is 0.307. The molecule has 0 atom stereocenters. The first-order chi connectivity index (χ1) is 20.2. The molecule has 4 aliphatic carbocycles. The Balaban J connectivity index is 1.27. The molecule has 11 heteroatoms. The maximum Gasteiger partial charge on any atom is 0.409 e. The van der Waals surface area contributed by atoms with E-state index in [0.717, 1.165) is 31.4 Å². The largest absolute Gasteiger partial charge is 0.453 e. The van der Waals surface area contributed by atoms with Crippen molar-refractivity contribution in [1.29, 1.82) is 0 Å². The Bertz CT molecular complexity index is 1610. The number of carbonyl (C=O) groups excluding carboxylic acids is 2. The van der Waals surface area contributed by atoms with Crippen molar-refractivity contribution < 1.29 is 23.1 Å². The van der Waals surface area contributed by atoms with Gasteiger partial charge in [0.1, 0.15) is 23.0 Å². The summed E-state index contributed by atoms with van der Waals surface area (Å²) in [5.41, 5.74) is -0.757. The second kappa shape index (κ2) is 10.1. The molecule has 42 heavy (non-hydrogen) atoms. The minimum atomic E-state index is -0.841. The van der Waals surface area contributed by atoms with Gasteiger partial charge in [-0.3, -0.25) is 14.2 Å².